The summed E-state index contributed by atoms with van der Waals surface area (Å²) in [6.45, 7) is 2.87. The summed E-state index contributed by atoms with van der Waals surface area (Å²) in [4.78, 5) is 11.6. The van der Waals surface area contributed by atoms with E-state index in [0.717, 1.165) is 22.4 Å². The number of halogens is 1. The molecule has 0 unspecified atom stereocenters. The van der Waals surface area contributed by atoms with Crippen LogP contribution >= 0.6 is 15.9 Å². The van der Waals surface area contributed by atoms with Crippen LogP contribution in [-0.4, -0.2) is 20.5 Å². The molecule has 4 nitrogen and oxygen atoms in total. The van der Waals surface area contributed by atoms with Crippen molar-refractivity contribution in [2.24, 2.45) is 0 Å². The Morgan fingerprint density at radius 2 is 2.21 bits per heavy atom. The summed E-state index contributed by atoms with van der Waals surface area (Å²) in [5.74, 6) is 1.18. The van der Waals surface area contributed by atoms with Crippen LogP contribution in [0.1, 0.15) is 31.2 Å². The Labute approximate surface area is 120 Å². The van der Waals surface area contributed by atoms with Gasteiger partial charge in [-0.15, -0.1) is 10.2 Å². The van der Waals surface area contributed by atoms with E-state index < -0.39 is 0 Å². The first-order chi connectivity index (χ1) is 9.15. The number of Topliss-reactive ketones (excluding diaryl/α,β-unsaturated/α-hetero) is 1. The molecule has 3 rings (SSSR count). The molecule has 1 aliphatic carbocycles. The molecule has 1 saturated carbocycles. The lowest BCUT2D eigenvalue weighted by Crippen LogP contribution is -2.44. The molecule has 19 heavy (non-hydrogen) atoms. The fraction of sp³-hybridized carbons (Fsp3) is 0.357. The Hall–Kier alpha value is -1.49. The van der Waals surface area contributed by atoms with Gasteiger partial charge in [0, 0.05) is 23.9 Å². The van der Waals surface area contributed by atoms with E-state index >= 15 is 0 Å². The molecule has 1 aromatic heterocycles. The van der Waals surface area contributed by atoms with Crippen LogP contribution < -0.4 is 0 Å². The summed E-state index contributed by atoms with van der Waals surface area (Å²) in [5, 5.41) is 8.27. The van der Waals surface area contributed by atoms with Gasteiger partial charge in [-0.05, 0) is 24.6 Å². The van der Waals surface area contributed by atoms with Gasteiger partial charge in [-0.1, -0.05) is 28.1 Å². The van der Waals surface area contributed by atoms with Gasteiger partial charge >= 0.3 is 0 Å². The highest BCUT2D eigenvalue weighted by molar-refractivity contribution is 9.10. The Kier molecular flexibility index (Phi) is 3.01. The number of carbonyl (C=O) groups is 1. The van der Waals surface area contributed by atoms with Crippen molar-refractivity contribution < 1.29 is 4.79 Å². The van der Waals surface area contributed by atoms with Crippen LogP contribution in [0.15, 0.2) is 35.1 Å². The molecule has 2 aromatic rings. The highest BCUT2D eigenvalue weighted by atomic mass is 79.9. The fourth-order valence-corrected chi connectivity index (χ4v) is 3.16. The van der Waals surface area contributed by atoms with E-state index in [4.69, 9.17) is 0 Å². The van der Waals surface area contributed by atoms with Gasteiger partial charge in [0.15, 0.2) is 0 Å². The molecule has 1 heterocycles. The molecule has 1 fully saturated rings. The Bertz CT molecular complexity index is 627. The molecule has 0 bridgehead atoms. The first-order valence-corrected chi connectivity index (χ1v) is 7.11. The highest BCUT2D eigenvalue weighted by Gasteiger charge is 2.49. The van der Waals surface area contributed by atoms with Crippen LogP contribution in [0.4, 0.5) is 0 Å². The molecule has 5 heteroatoms. The van der Waals surface area contributed by atoms with Gasteiger partial charge in [-0.25, -0.2) is 0 Å². The number of rotatable bonds is 3. The molecular weight excluding hydrogens is 306 g/mol. The maximum absolute atomic E-state index is 11.6. The molecule has 0 spiro atoms. The number of hydrogen-bond acceptors (Lipinski definition) is 3. The average Bonchev–Trinajstić information content (AvgIpc) is 2.83. The second-order valence-corrected chi connectivity index (χ2v) is 5.84. The average molecular weight is 320 g/mol. The summed E-state index contributed by atoms with van der Waals surface area (Å²) in [6, 6.07) is 8.12. The van der Waals surface area contributed by atoms with Crippen molar-refractivity contribution in [3.05, 3.63) is 46.5 Å². The zero-order valence-corrected chi connectivity index (χ0v) is 12.2. The Balaban J connectivity index is 2.13. The van der Waals surface area contributed by atoms with Crippen molar-refractivity contribution in [2.45, 2.75) is 31.7 Å². The lowest BCUT2D eigenvalue weighted by molar-refractivity contribution is -0.127. The number of hydrogen-bond donors (Lipinski definition) is 0. The maximum atomic E-state index is 11.6. The number of aryl methyl sites for hydroxylation is 1. The Morgan fingerprint density at radius 1 is 1.42 bits per heavy atom. The number of ketones is 1. The highest BCUT2D eigenvalue weighted by Crippen LogP contribution is 2.46. The minimum absolute atomic E-state index is 0.283. The van der Waals surface area contributed by atoms with Crippen molar-refractivity contribution in [2.75, 3.05) is 0 Å². The molecule has 0 N–H and O–H groups in total. The van der Waals surface area contributed by atoms with E-state index in [1.165, 1.54) is 0 Å². The van der Waals surface area contributed by atoms with Gasteiger partial charge in [-0.2, -0.15) is 0 Å². The molecule has 0 amide bonds. The van der Waals surface area contributed by atoms with Crippen LogP contribution in [0, 0.1) is 0 Å². The molecular formula is C14H14BrN3O. The van der Waals surface area contributed by atoms with Crippen LogP contribution in [0.5, 0.6) is 0 Å². The lowest BCUT2D eigenvalue weighted by Gasteiger charge is -2.40. The first-order valence-electron chi connectivity index (χ1n) is 6.32. The van der Waals surface area contributed by atoms with E-state index in [2.05, 4.69) is 45.2 Å². The largest absolute Gasteiger partial charge is 0.317 e. The van der Waals surface area contributed by atoms with E-state index in [1.807, 2.05) is 16.7 Å². The van der Waals surface area contributed by atoms with E-state index in [0.29, 0.717) is 12.8 Å². The van der Waals surface area contributed by atoms with Crippen molar-refractivity contribution in [1.82, 2.24) is 14.8 Å². The van der Waals surface area contributed by atoms with Gasteiger partial charge in [0.25, 0.3) is 0 Å². The summed E-state index contributed by atoms with van der Waals surface area (Å²) in [7, 11) is 0. The molecule has 1 aliphatic rings. The van der Waals surface area contributed by atoms with Gasteiger partial charge in [0.1, 0.15) is 17.9 Å². The van der Waals surface area contributed by atoms with Crippen molar-refractivity contribution in [1.29, 1.82) is 0 Å². The topological polar surface area (TPSA) is 47.8 Å². The fourth-order valence-electron chi connectivity index (χ4n) is 2.76. The third-order valence-electron chi connectivity index (χ3n) is 3.76. The predicted octanol–water partition coefficient (Wildman–Crippen LogP) is 2.71. The maximum Gasteiger partial charge on any atom is 0.144 e. The van der Waals surface area contributed by atoms with Gasteiger partial charge in [0.05, 0.1) is 5.41 Å². The minimum Gasteiger partial charge on any atom is -0.317 e. The van der Waals surface area contributed by atoms with Crippen LogP contribution in [0.25, 0.3) is 0 Å². The molecule has 98 valence electrons. The summed E-state index contributed by atoms with van der Waals surface area (Å²) in [6.07, 6.45) is 2.77. The van der Waals surface area contributed by atoms with Gasteiger partial charge in [0.2, 0.25) is 0 Å². The van der Waals surface area contributed by atoms with E-state index in [-0.39, 0.29) is 11.2 Å². The number of benzene rings is 1. The quantitative estimate of drug-likeness (QED) is 0.874. The number of carbonyl (C=O) groups excluding carboxylic acids is 1. The normalized spacial score (nSPS) is 17.3. The number of aromatic nitrogens is 3. The summed E-state index contributed by atoms with van der Waals surface area (Å²) in [5.41, 5.74) is 0.831. The third kappa shape index (κ3) is 1.92. The lowest BCUT2D eigenvalue weighted by atomic mass is 9.63. The second kappa shape index (κ2) is 4.56. The monoisotopic (exact) mass is 319 g/mol. The standard InChI is InChI=1S/C14H14BrN3O/c1-2-18-9-16-17-13(18)14(7-12(19)8-14)10-4-3-5-11(15)6-10/h3-6,9H,2,7-8H2,1H3. The van der Waals surface area contributed by atoms with Crippen LogP contribution in [0.2, 0.25) is 0 Å². The van der Waals surface area contributed by atoms with Crippen LogP contribution in [0.3, 0.4) is 0 Å². The van der Waals surface area contributed by atoms with Gasteiger partial charge < -0.3 is 4.57 Å². The second-order valence-electron chi connectivity index (χ2n) is 4.93. The predicted molar refractivity (Wildman–Crippen MR) is 74.9 cm³/mol. The zero-order valence-electron chi connectivity index (χ0n) is 10.6. The third-order valence-corrected chi connectivity index (χ3v) is 4.25. The van der Waals surface area contributed by atoms with E-state index in [9.17, 15) is 4.79 Å². The van der Waals surface area contributed by atoms with Crippen molar-refractivity contribution in [3.8, 4) is 0 Å². The first kappa shape index (κ1) is 12.5. The van der Waals surface area contributed by atoms with Crippen molar-refractivity contribution >= 4 is 21.7 Å². The summed E-state index contributed by atoms with van der Waals surface area (Å²) >= 11 is 3.49. The van der Waals surface area contributed by atoms with Crippen molar-refractivity contribution in [3.63, 3.8) is 0 Å². The van der Waals surface area contributed by atoms with E-state index in [1.54, 1.807) is 6.33 Å². The molecule has 0 aliphatic heterocycles. The molecule has 0 atom stereocenters. The Morgan fingerprint density at radius 3 is 2.84 bits per heavy atom. The smallest absolute Gasteiger partial charge is 0.144 e. The number of nitrogens with zero attached hydrogens (tertiary/aromatic N) is 3. The zero-order chi connectivity index (χ0) is 13.5. The van der Waals surface area contributed by atoms with Gasteiger partial charge in [-0.3, -0.25) is 4.79 Å². The molecule has 0 saturated heterocycles. The molecule has 1 aromatic carbocycles. The minimum atomic E-state index is -0.298. The molecule has 0 radical (unpaired) electrons. The SMILES string of the molecule is CCn1cnnc1C1(c2cccc(Br)c2)CC(=O)C1. The summed E-state index contributed by atoms with van der Waals surface area (Å²) < 4.78 is 3.04. The van der Waals surface area contributed by atoms with Crippen LogP contribution in [-0.2, 0) is 16.8 Å².